The Labute approximate surface area is 102 Å². The summed E-state index contributed by atoms with van der Waals surface area (Å²) in [5.74, 6) is 2.16. The first kappa shape index (κ1) is 11.9. The van der Waals surface area contributed by atoms with Crippen molar-refractivity contribution in [1.82, 2.24) is 15.0 Å². The topological polar surface area (TPSA) is 57.2 Å². The van der Waals surface area contributed by atoms with Crippen LogP contribution in [0, 0.1) is 0 Å². The van der Waals surface area contributed by atoms with E-state index in [9.17, 15) is 0 Å². The number of aromatic nitrogens is 3. The SMILES string of the molecule is CCNc1nc(N(C)C)nc(N2CCCC2)n1. The van der Waals surface area contributed by atoms with Gasteiger partial charge < -0.3 is 15.1 Å². The normalized spacial score (nSPS) is 15.1. The third kappa shape index (κ3) is 2.75. The summed E-state index contributed by atoms with van der Waals surface area (Å²) in [6.45, 7) is 4.94. The van der Waals surface area contributed by atoms with Crippen LogP contribution in [0.1, 0.15) is 19.8 Å². The summed E-state index contributed by atoms with van der Waals surface area (Å²) in [5.41, 5.74) is 0. The molecule has 17 heavy (non-hydrogen) atoms. The number of nitrogens with zero attached hydrogens (tertiary/aromatic N) is 5. The lowest BCUT2D eigenvalue weighted by Gasteiger charge is -2.18. The predicted molar refractivity (Wildman–Crippen MR) is 69.8 cm³/mol. The average molecular weight is 236 g/mol. The Morgan fingerprint density at radius 1 is 1.18 bits per heavy atom. The van der Waals surface area contributed by atoms with Gasteiger partial charge in [0.25, 0.3) is 0 Å². The molecule has 1 saturated heterocycles. The lowest BCUT2D eigenvalue weighted by molar-refractivity contribution is 0.862. The van der Waals surface area contributed by atoms with Gasteiger partial charge in [0.2, 0.25) is 17.8 Å². The third-order valence-corrected chi connectivity index (χ3v) is 2.74. The number of rotatable bonds is 4. The Morgan fingerprint density at radius 2 is 1.88 bits per heavy atom. The molecule has 0 aromatic carbocycles. The minimum absolute atomic E-state index is 0.660. The zero-order chi connectivity index (χ0) is 12.3. The predicted octanol–water partition coefficient (Wildman–Crippen LogP) is 0.970. The molecule has 0 amide bonds. The zero-order valence-electron chi connectivity index (χ0n) is 10.8. The lowest BCUT2D eigenvalue weighted by atomic mass is 10.4. The Bertz CT molecular complexity index is 372. The number of hydrogen-bond donors (Lipinski definition) is 1. The van der Waals surface area contributed by atoms with E-state index in [0.29, 0.717) is 11.9 Å². The van der Waals surface area contributed by atoms with E-state index in [1.807, 2.05) is 25.9 Å². The van der Waals surface area contributed by atoms with Crippen LogP contribution in [0.4, 0.5) is 17.8 Å². The van der Waals surface area contributed by atoms with Gasteiger partial charge in [0.15, 0.2) is 0 Å². The molecule has 1 fully saturated rings. The molecule has 6 nitrogen and oxygen atoms in total. The monoisotopic (exact) mass is 236 g/mol. The Morgan fingerprint density at radius 3 is 2.47 bits per heavy atom. The fourth-order valence-electron chi connectivity index (χ4n) is 1.85. The van der Waals surface area contributed by atoms with Crippen LogP contribution < -0.4 is 15.1 Å². The van der Waals surface area contributed by atoms with Gasteiger partial charge in [-0.1, -0.05) is 0 Å². The average Bonchev–Trinajstić information content (AvgIpc) is 2.82. The van der Waals surface area contributed by atoms with E-state index in [2.05, 4.69) is 25.2 Å². The molecule has 0 unspecified atom stereocenters. The molecule has 1 aromatic heterocycles. The van der Waals surface area contributed by atoms with Gasteiger partial charge in [-0.15, -0.1) is 0 Å². The molecule has 0 spiro atoms. The van der Waals surface area contributed by atoms with Crippen LogP contribution in [0.2, 0.25) is 0 Å². The maximum atomic E-state index is 4.49. The fourth-order valence-corrected chi connectivity index (χ4v) is 1.85. The molecule has 6 heteroatoms. The molecule has 94 valence electrons. The molecule has 2 rings (SSSR count). The minimum atomic E-state index is 0.660. The summed E-state index contributed by atoms with van der Waals surface area (Å²) in [6, 6.07) is 0. The highest BCUT2D eigenvalue weighted by molar-refractivity contribution is 5.44. The van der Waals surface area contributed by atoms with E-state index in [0.717, 1.165) is 25.6 Å². The highest BCUT2D eigenvalue weighted by Gasteiger charge is 2.17. The summed E-state index contributed by atoms with van der Waals surface area (Å²) in [6.07, 6.45) is 2.44. The zero-order valence-corrected chi connectivity index (χ0v) is 10.8. The van der Waals surface area contributed by atoms with Crippen molar-refractivity contribution < 1.29 is 0 Å². The molecule has 0 atom stereocenters. The standard InChI is InChI=1S/C11H20N6/c1-4-12-9-13-10(16(2)3)15-11(14-9)17-7-5-6-8-17/h4-8H2,1-3H3,(H,12,13,14,15). The van der Waals surface area contributed by atoms with Crippen molar-refractivity contribution in [1.29, 1.82) is 0 Å². The first-order valence-electron chi connectivity index (χ1n) is 6.13. The fraction of sp³-hybridized carbons (Fsp3) is 0.727. The van der Waals surface area contributed by atoms with Crippen molar-refractivity contribution in [2.75, 3.05) is 48.8 Å². The maximum Gasteiger partial charge on any atom is 0.231 e. The van der Waals surface area contributed by atoms with Gasteiger partial charge in [-0.25, -0.2) is 0 Å². The van der Waals surface area contributed by atoms with Crippen molar-refractivity contribution in [2.45, 2.75) is 19.8 Å². The largest absolute Gasteiger partial charge is 0.354 e. The van der Waals surface area contributed by atoms with E-state index in [1.54, 1.807) is 0 Å². The molecule has 1 aromatic rings. The second-order valence-corrected chi connectivity index (χ2v) is 4.38. The highest BCUT2D eigenvalue weighted by Crippen LogP contribution is 2.19. The molecular formula is C11H20N6. The van der Waals surface area contributed by atoms with Crippen LogP contribution in [0.25, 0.3) is 0 Å². The van der Waals surface area contributed by atoms with Gasteiger partial charge in [0.1, 0.15) is 0 Å². The summed E-state index contributed by atoms with van der Waals surface area (Å²) in [7, 11) is 3.89. The van der Waals surface area contributed by atoms with E-state index in [4.69, 9.17) is 0 Å². The van der Waals surface area contributed by atoms with Gasteiger partial charge in [0, 0.05) is 33.7 Å². The Balaban J connectivity index is 2.29. The van der Waals surface area contributed by atoms with Crippen molar-refractivity contribution in [3.8, 4) is 0 Å². The second-order valence-electron chi connectivity index (χ2n) is 4.38. The molecule has 1 N–H and O–H groups in total. The quantitative estimate of drug-likeness (QED) is 0.840. The molecule has 2 heterocycles. The number of anilines is 3. The number of nitrogens with one attached hydrogen (secondary N) is 1. The molecule has 0 bridgehead atoms. The first-order chi connectivity index (χ1) is 8.20. The van der Waals surface area contributed by atoms with Gasteiger partial charge in [-0.05, 0) is 19.8 Å². The van der Waals surface area contributed by atoms with E-state index < -0.39 is 0 Å². The van der Waals surface area contributed by atoms with Crippen molar-refractivity contribution in [3.63, 3.8) is 0 Å². The second kappa shape index (κ2) is 5.16. The molecule has 0 saturated carbocycles. The highest BCUT2D eigenvalue weighted by atomic mass is 15.4. The van der Waals surface area contributed by atoms with E-state index in [1.165, 1.54) is 12.8 Å². The minimum Gasteiger partial charge on any atom is -0.354 e. The van der Waals surface area contributed by atoms with Crippen molar-refractivity contribution in [2.24, 2.45) is 0 Å². The first-order valence-corrected chi connectivity index (χ1v) is 6.13. The smallest absolute Gasteiger partial charge is 0.231 e. The van der Waals surface area contributed by atoms with Crippen LogP contribution in [0.15, 0.2) is 0 Å². The number of hydrogen-bond acceptors (Lipinski definition) is 6. The van der Waals surface area contributed by atoms with Gasteiger partial charge >= 0.3 is 0 Å². The Kier molecular flexibility index (Phi) is 3.61. The van der Waals surface area contributed by atoms with Crippen LogP contribution >= 0.6 is 0 Å². The molecular weight excluding hydrogens is 216 g/mol. The van der Waals surface area contributed by atoms with Crippen LogP contribution in [-0.4, -0.2) is 48.7 Å². The third-order valence-electron chi connectivity index (χ3n) is 2.74. The van der Waals surface area contributed by atoms with Gasteiger partial charge in [-0.3, -0.25) is 0 Å². The van der Waals surface area contributed by atoms with Crippen LogP contribution in [-0.2, 0) is 0 Å². The van der Waals surface area contributed by atoms with Gasteiger partial charge in [-0.2, -0.15) is 15.0 Å². The molecule has 1 aliphatic heterocycles. The van der Waals surface area contributed by atoms with Crippen LogP contribution in [0.3, 0.4) is 0 Å². The molecule has 1 aliphatic rings. The van der Waals surface area contributed by atoms with Crippen molar-refractivity contribution >= 4 is 17.8 Å². The van der Waals surface area contributed by atoms with Crippen molar-refractivity contribution in [3.05, 3.63) is 0 Å². The summed E-state index contributed by atoms with van der Waals surface area (Å²) < 4.78 is 0. The van der Waals surface area contributed by atoms with Gasteiger partial charge in [0.05, 0.1) is 0 Å². The lowest BCUT2D eigenvalue weighted by Crippen LogP contribution is -2.24. The molecule has 0 aliphatic carbocycles. The van der Waals surface area contributed by atoms with E-state index in [-0.39, 0.29) is 0 Å². The maximum absolute atomic E-state index is 4.49. The van der Waals surface area contributed by atoms with E-state index >= 15 is 0 Å². The Hall–Kier alpha value is -1.59. The molecule has 0 radical (unpaired) electrons. The summed E-state index contributed by atoms with van der Waals surface area (Å²) in [4.78, 5) is 17.4. The summed E-state index contributed by atoms with van der Waals surface area (Å²) >= 11 is 0. The van der Waals surface area contributed by atoms with Crippen LogP contribution in [0.5, 0.6) is 0 Å². The summed E-state index contributed by atoms with van der Waals surface area (Å²) in [5, 5.41) is 3.15.